The summed E-state index contributed by atoms with van der Waals surface area (Å²) in [6.07, 6.45) is 5.38. The molecule has 0 radical (unpaired) electrons. The molecule has 8 heteroatoms. The molecule has 0 bridgehead atoms. The van der Waals surface area contributed by atoms with E-state index in [9.17, 15) is 24.0 Å². The van der Waals surface area contributed by atoms with Crippen molar-refractivity contribution in [3.63, 3.8) is 0 Å². The predicted molar refractivity (Wildman–Crippen MR) is 175 cm³/mol. The van der Waals surface area contributed by atoms with E-state index in [1.54, 1.807) is 43.3 Å². The lowest BCUT2D eigenvalue weighted by Crippen LogP contribution is -2.25. The van der Waals surface area contributed by atoms with Crippen molar-refractivity contribution in [2.75, 3.05) is 5.73 Å². The number of Topliss-reactive ketones (excluding diaryl/α,β-unsaturated/α-hetero) is 3. The second-order valence-corrected chi connectivity index (χ2v) is 11.5. The molecule has 45 heavy (non-hydrogen) atoms. The minimum absolute atomic E-state index is 0.117. The molecule has 2 aliphatic rings. The molecule has 6 rings (SSSR count). The highest BCUT2D eigenvalue weighted by Gasteiger charge is 2.24. The lowest BCUT2D eigenvalue weighted by molar-refractivity contribution is -0.134. The van der Waals surface area contributed by atoms with Gasteiger partial charge in [0.25, 0.3) is 0 Å². The van der Waals surface area contributed by atoms with Crippen LogP contribution in [0, 0.1) is 5.92 Å². The van der Waals surface area contributed by atoms with Gasteiger partial charge in [0.1, 0.15) is 11.6 Å². The molecule has 0 aromatic heterocycles. The van der Waals surface area contributed by atoms with Gasteiger partial charge in [-0.3, -0.25) is 14.4 Å². The zero-order valence-corrected chi connectivity index (χ0v) is 25.5. The molecule has 8 nitrogen and oxygen atoms in total. The second kappa shape index (κ2) is 14.6. The van der Waals surface area contributed by atoms with Crippen molar-refractivity contribution < 1.29 is 34.2 Å². The summed E-state index contributed by atoms with van der Waals surface area (Å²) in [5, 5.41) is 21.6. The van der Waals surface area contributed by atoms with E-state index in [0.29, 0.717) is 36.1 Å². The second-order valence-electron chi connectivity index (χ2n) is 11.5. The third-order valence-electron chi connectivity index (χ3n) is 8.32. The van der Waals surface area contributed by atoms with E-state index in [4.69, 9.17) is 15.9 Å². The van der Waals surface area contributed by atoms with Crippen molar-refractivity contribution in [1.82, 2.24) is 0 Å². The summed E-state index contributed by atoms with van der Waals surface area (Å²) < 4.78 is 0. The Balaban J connectivity index is 0.000000171. The number of hydrogen-bond acceptors (Lipinski definition) is 6. The highest BCUT2D eigenvalue weighted by atomic mass is 16.4. The number of nitrogen functional groups attached to an aromatic ring is 1. The number of carbonyl (C=O) groups is 5. The first-order valence-corrected chi connectivity index (χ1v) is 15.0. The monoisotopic (exact) mass is 607 g/mol. The first-order chi connectivity index (χ1) is 21.4. The Bertz CT molecular complexity index is 1820. The molecule has 1 saturated carbocycles. The van der Waals surface area contributed by atoms with Gasteiger partial charge in [-0.1, -0.05) is 42.0 Å². The van der Waals surface area contributed by atoms with E-state index >= 15 is 0 Å². The van der Waals surface area contributed by atoms with Crippen molar-refractivity contribution in [3.05, 3.63) is 101 Å². The first-order valence-electron chi connectivity index (χ1n) is 15.0. The smallest absolute Gasteiger partial charge is 0.335 e. The number of benzene rings is 4. The van der Waals surface area contributed by atoms with Crippen LogP contribution in [0.3, 0.4) is 0 Å². The van der Waals surface area contributed by atoms with Gasteiger partial charge < -0.3 is 15.9 Å². The van der Waals surface area contributed by atoms with E-state index in [1.165, 1.54) is 11.1 Å². The molecule has 0 heterocycles. The number of hydrogen-bond donors (Lipinski definition) is 3. The number of carboxylic acids is 2. The number of aromatic carboxylic acids is 2. The number of fused-ring (bicyclic) bond motifs is 2. The molecule has 0 unspecified atom stereocenters. The molecule has 4 aromatic rings. The maximum Gasteiger partial charge on any atom is 0.335 e. The van der Waals surface area contributed by atoms with Crippen LogP contribution in [0.1, 0.15) is 78.7 Å². The molecule has 0 atom stereocenters. The number of nitrogens with two attached hydrogens (primary N) is 1. The van der Waals surface area contributed by atoms with Crippen LogP contribution in [0.2, 0.25) is 0 Å². The summed E-state index contributed by atoms with van der Waals surface area (Å²) in [5.74, 6) is -1.62. The lowest BCUT2D eigenvalue weighted by atomic mass is 9.87. The molecule has 4 aromatic carbocycles. The zero-order valence-electron chi connectivity index (χ0n) is 25.5. The molecular formula is C37H37NO7. The molecular weight excluding hydrogens is 570 g/mol. The summed E-state index contributed by atoms with van der Waals surface area (Å²) in [7, 11) is 0. The summed E-state index contributed by atoms with van der Waals surface area (Å²) in [4.78, 5) is 55.1. The normalized spacial score (nSPS) is 15.3. The number of rotatable bonds is 4. The van der Waals surface area contributed by atoms with E-state index < -0.39 is 11.9 Å². The fourth-order valence-corrected chi connectivity index (χ4v) is 5.49. The maximum absolute atomic E-state index is 11.8. The number of carbonyl (C=O) groups excluding carboxylic acids is 3. The Morgan fingerprint density at radius 2 is 1.18 bits per heavy atom. The Labute approximate surface area is 261 Å². The van der Waals surface area contributed by atoms with Crippen molar-refractivity contribution in [2.45, 2.75) is 58.8 Å². The van der Waals surface area contributed by atoms with Gasteiger partial charge in [0.15, 0.2) is 5.78 Å². The summed E-state index contributed by atoms with van der Waals surface area (Å²) >= 11 is 0. The minimum atomic E-state index is -0.913. The number of carboxylic acid groups (broad SMARTS) is 2. The fourth-order valence-electron chi connectivity index (χ4n) is 5.49. The molecule has 0 amide bonds. The van der Waals surface area contributed by atoms with Crippen LogP contribution in [0.15, 0.2) is 83.9 Å². The van der Waals surface area contributed by atoms with E-state index in [1.807, 2.05) is 37.3 Å². The van der Waals surface area contributed by atoms with Crippen molar-refractivity contribution in [2.24, 2.45) is 5.92 Å². The van der Waals surface area contributed by atoms with Crippen LogP contribution < -0.4 is 5.73 Å². The number of anilines is 1. The molecule has 232 valence electrons. The molecule has 4 N–H and O–H groups in total. The quantitative estimate of drug-likeness (QED) is 0.162. The van der Waals surface area contributed by atoms with Gasteiger partial charge in [-0.2, -0.15) is 0 Å². The van der Waals surface area contributed by atoms with Crippen molar-refractivity contribution >= 4 is 56.5 Å². The van der Waals surface area contributed by atoms with E-state index in [-0.39, 0.29) is 23.3 Å². The van der Waals surface area contributed by atoms with Gasteiger partial charge in [0, 0.05) is 24.9 Å². The Morgan fingerprint density at radius 3 is 1.73 bits per heavy atom. The van der Waals surface area contributed by atoms with Crippen molar-refractivity contribution in [1.29, 1.82) is 0 Å². The average molecular weight is 608 g/mol. The van der Waals surface area contributed by atoms with E-state index in [0.717, 1.165) is 52.8 Å². The molecule has 0 spiro atoms. The van der Waals surface area contributed by atoms with E-state index in [2.05, 4.69) is 6.07 Å². The molecule has 1 fully saturated rings. The average Bonchev–Trinajstić information content (AvgIpc) is 3.02. The standard InChI is InChI=1S/C19H18O3.C11H9NO2.C7H10O2/c1-12-14(3-2-4-18(12)20)9-13-5-6-16-11-17(19(21)22)8-7-15(16)10-13;12-10-4-3-7-5-9(11(13)14)2-1-8(7)6-10;1-5-6(8)3-2-4-7(5)9/h5-8,10-11H,2-4,9H2,1H3,(H,21,22);1-6H,12H2,(H,13,14);5H,2-4H2,1H3. The summed E-state index contributed by atoms with van der Waals surface area (Å²) in [6.45, 7) is 3.63. The first kappa shape index (κ1) is 32.8. The van der Waals surface area contributed by atoms with Gasteiger partial charge in [0.2, 0.25) is 0 Å². The Hall–Kier alpha value is -5.11. The highest BCUT2D eigenvalue weighted by Crippen LogP contribution is 2.27. The zero-order chi connectivity index (χ0) is 32.7. The molecule has 2 aliphatic carbocycles. The topological polar surface area (TPSA) is 152 Å². The summed E-state index contributed by atoms with van der Waals surface area (Å²) in [6, 6.07) is 21.6. The SMILES string of the molecule is CC1=C(Cc2ccc3cc(C(=O)O)ccc3c2)CCCC1=O.CC1C(=O)CCCC1=O.Nc1ccc2cc(C(=O)O)ccc2c1. The molecule has 0 aliphatic heterocycles. The van der Waals surface area contributed by atoms with Crippen LogP contribution in [-0.4, -0.2) is 39.5 Å². The fraction of sp³-hybridized carbons (Fsp3) is 0.270. The minimum Gasteiger partial charge on any atom is -0.478 e. The number of ketones is 3. The van der Waals surface area contributed by atoms with Gasteiger partial charge in [-0.05, 0) is 109 Å². The highest BCUT2D eigenvalue weighted by molar-refractivity contribution is 6.04. The Morgan fingerprint density at radius 1 is 0.689 bits per heavy atom. The lowest BCUT2D eigenvalue weighted by Gasteiger charge is -2.17. The third-order valence-corrected chi connectivity index (χ3v) is 8.32. The van der Waals surface area contributed by atoms with Gasteiger partial charge in [0.05, 0.1) is 17.0 Å². The molecule has 0 saturated heterocycles. The van der Waals surface area contributed by atoms with Gasteiger partial charge >= 0.3 is 11.9 Å². The van der Waals surface area contributed by atoms with Crippen LogP contribution in [0.5, 0.6) is 0 Å². The third kappa shape index (κ3) is 8.50. The van der Waals surface area contributed by atoms with Crippen LogP contribution >= 0.6 is 0 Å². The largest absolute Gasteiger partial charge is 0.478 e. The van der Waals surface area contributed by atoms with Crippen LogP contribution in [0.4, 0.5) is 5.69 Å². The van der Waals surface area contributed by atoms with Crippen LogP contribution in [-0.2, 0) is 20.8 Å². The predicted octanol–water partition coefficient (Wildman–Crippen LogP) is 7.21. The van der Waals surface area contributed by atoms with Crippen LogP contribution in [0.25, 0.3) is 21.5 Å². The summed E-state index contributed by atoms with van der Waals surface area (Å²) in [5.41, 5.74) is 10.2. The van der Waals surface area contributed by atoms with Gasteiger partial charge in [-0.25, -0.2) is 9.59 Å². The number of allylic oxidation sites excluding steroid dienone is 2. The van der Waals surface area contributed by atoms with Gasteiger partial charge in [-0.15, -0.1) is 0 Å². The Kier molecular flexibility index (Phi) is 10.6. The van der Waals surface area contributed by atoms with Crippen molar-refractivity contribution in [3.8, 4) is 0 Å². The maximum atomic E-state index is 11.8.